The number of aromatic nitrogens is 3. The number of fused-ring (bicyclic) bond motifs is 1. The third-order valence-corrected chi connectivity index (χ3v) is 4.35. The van der Waals surface area contributed by atoms with Crippen molar-refractivity contribution in [2.24, 2.45) is 0 Å². The fourth-order valence-corrected chi connectivity index (χ4v) is 3.13. The van der Waals surface area contributed by atoms with Crippen molar-refractivity contribution in [3.05, 3.63) is 42.6 Å². The van der Waals surface area contributed by atoms with Crippen molar-refractivity contribution in [1.82, 2.24) is 14.6 Å². The van der Waals surface area contributed by atoms with Crippen molar-refractivity contribution in [1.29, 1.82) is 0 Å². The van der Waals surface area contributed by atoms with Crippen molar-refractivity contribution in [2.45, 2.75) is 38.7 Å². The van der Waals surface area contributed by atoms with Gasteiger partial charge in [0.2, 0.25) is 5.88 Å². The Kier molecular flexibility index (Phi) is 4.07. The molecule has 4 rings (SSSR count). The van der Waals surface area contributed by atoms with Gasteiger partial charge in [0.05, 0.1) is 18.5 Å². The van der Waals surface area contributed by atoms with Crippen molar-refractivity contribution < 1.29 is 9.47 Å². The fraction of sp³-hybridized carbons (Fsp3) is 0.368. The third-order valence-electron chi connectivity index (χ3n) is 4.35. The summed E-state index contributed by atoms with van der Waals surface area (Å²) in [4.78, 5) is 4.64. The topological polar surface area (TPSA) is 48.7 Å². The van der Waals surface area contributed by atoms with Crippen LogP contribution in [0.4, 0.5) is 0 Å². The maximum atomic E-state index is 5.96. The van der Waals surface area contributed by atoms with Gasteiger partial charge in [-0.25, -0.2) is 9.50 Å². The Hall–Kier alpha value is -2.56. The normalized spacial score (nSPS) is 15.0. The zero-order valence-corrected chi connectivity index (χ0v) is 13.8. The number of hydrogen-bond acceptors (Lipinski definition) is 4. The molecule has 3 aromatic rings. The average Bonchev–Trinajstić information content (AvgIpc) is 3.25. The zero-order chi connectivity index (χ0) is 16.4. The second-order valence-corrected chi connectivity index (χ2v) is 6.08. The summed E-state index contributed by atoms with van der Waals surface area (Å²) < 4.78 is 13.2. The molecule has 124 valence electrons. The molecule has 5 nitrogen and oxygen atoms in total. The van der Waals surface area contributed by atoms with Gasteiger partial charge in [-0.05, 0) is 62.9 Å². The second-order valence-electron chi connectivity index (χ2n) is 6.08. The molecule has 1 saturated carbocycles. The maximum absolute atomic E-state index is 5.96. The average molecular weight is 323 g/mol. The Morgan fingerprint density at radius 3 is 2.62 bits per heavy atom. The Bertz CT molecular complexity index is 820. The lowest BCUT2D eigenvalue weighted by atomic mass is 10.2. The summed E-state index contributed by atoms with van der Waals surface area (Å²) in [6, 6.07) is 11.8. The number of imidazole rings is 1. The summed E-state index contributed by atoms with van der Waals surface area (Å²) in [5.74, 6) is 1.54. The van der Waals surface area contributed by atoms with E-state index in [1.165, 1.54) is 12.8 Å². The molecule has 24 heavy (non-hydrogen) atoms. The molecule has 0 spiro atoms. The van der Waals surface area contributed by atoms with E-state index in [9.17, 15) is 0 Å². The number of rotatable bonds is 5. The largest absolute Gasteiger partial charge is 0.494 e. The highest BCUT2D eigenvalue weighted by Gasteiger charge is 2.17. The van der Waals surface area contributed by atoms with Gasteiger partial charge in [0.15, 0.2) is 5.65 Å². The van der Waals surface area contributed by atoms with Gasteiger partial charge in [-0.2, -0.15) is 0 Å². The first-order valence-corrected chi connectivity index (χ1v) is 8.58. The van der Waals surface area contributed by atoms with Gasteiger partial charge in [0.25, 0.3) is 0 Å². The molecule has 0 unspecified atom stereocenters. The summed E-state index contributed by atoms with van der Waals surface area (Å²) in [5, 5.41) is 4.54. The molecular formula is C19H21N3O2. The van der Waals surface area contributed by atoms with E-state index in [1.54, 1.807) is 4.52 Å². The highest BCUT2D eigenvalue weighted by Crippen LogP contribution is 2.25. The lowest BCUT2D eigenvalue weighted by Crippen LogP contribution is -2.12. The minimum Gasteiger partial charge on any atom is -0.494 e. The van der Waals surface area contributed by atoms with Gasteiger partial charge in [0.1, 0.15) is 11.9 Å². The number of ether oxygens (including phenoxy) is 2. The summed E-state index contributed by atoms with van der Waals surface area (Å²) >= 11 is 0. The van der Waals surface area contributed by atoms with Crippen LogP contribution in [0.1, 0.15) is 32.6 Å². The second kappa shape index (κ2) is 6.51. The molecule has 0 radical (unpaired) electrons. The van der Waals surface area contributed by atoms with Crippen LogP contribution in [-0.2, 0) is 0 Å². The first-order valence-electron chi connectivity index (χ1n) is 8.58. The Morgan fingerprint density at radius 2 is 1.88 bits per heavy atom. The highest BCUT2D eigenvalue weighted by atomic mass is 16.5. The lowest BCUT2D eigenvalue weighted by Gasteiger charge is -2.11. The van der Waals surface area contributed by atoms with Crippen molar-refractivity contribution in [3.8, 4) is 22.9 Å². The van der Waals surface area contributed by atoms with Crippen LogP contribution in [-0.4, -0.2) is 27.3 Å². The Balaban J connectivity index is 1.58. The molecule has 0 atom stereocenters. The van der Waals surface area contributed by atoms with Crippen molar-refractivity contribution in [2.75, 3.05) is 6.61 Å². The first-order chi connectivity index (χ1) is 11.8. The van der Waals surface area contributed by atoms with Crippen LogP contribution < -0.4 is 9.47 Å². The van der Waals surface area contributed by atoms with Crippen LogP contribution in [0.25, 0.3) is 16.9 Å². The standard InChI is InChI=1S/C19H21N3O2/c1-2-23-15-9-7-14(8-10-15)17-13-22-18(20-17)11-12-19(21-22)24-16-5-3-4-6-16/h7-13,16H,2-6H2,1H3. The SMILES string of the molecule is CCOc1ccc(-c2cn3nc(OC4CCCC4)ccc3n2)cc1. The third kappa shape index (κ3) is 3.07. The van der Waals surface area contributed by atoms with Crippen LogP contribution in [0.15, 0.2) is 42.6 Å². The van der Waals surface area contributed by atoms with E-state index in [-0.39, 0.29) is 0 Å². The van der Waals surface area contributed by atoms with Crippen LogP contribution in [0.2, 0.25) is 0 Å². The smallest absolute Gasteiger partial charge is 0.232 e. The minimum absolute atomic E-state index is 0.309. The fourth-order valence-electron chi connectivity index (χ4n) is 3.13. The van der Waals surface area contributed by atoms with Gasteiger partial charge in [0, 0.05) is 11.6 Å². The predicted octanol–water partition coefficient (Wildman–Crippen LogP) is 4.12. The van der Waals surface area contributed by atoms with Gasteiger partial charge < -0.3 is 9.47 Å². The number of benzene rings is 1. The van der Waals surface area contributed by atoms with E-state index >= 15 is 0 Å². The minimum atomic E-state index is 0.309. The van der Waals surface area contributed by atoms with E-state index in [1.807, 2.05) is 49.5 Å². The molecule has 2 heterocycles. The molecule has 0 saturated heterocycles. The van der Waals surface area contributed by atoms with Crippen LogP contribution >= 0.6 is 0 Å². The monoisotopic (exact) mass is 323 g/mol. The first kappa shape index (κ1) is 15.0. The van der Waals surface area contributed by atoms with Crippen LogP contribution in [0.5, 0.6) is 11.6 Å². The predicted molar refractivity (Wildman–Crippen MR) is 92.5 cm³/mol. The quantitative estimate of drug-likeness (QED) is 0.709. The maximum Gasteiger partial charge on any atom is 0.232 e. The lowest BCUT2D eigenvalue weighted by molar-refractivity contribution is 0.198. The van der Waals surface area contributed by atoms with Crippen molar-refractivity contribution >= 4 is 5.65 Å². The molecule has 0 bridgehead atoms. The molecule has 1 aromatic carbocycles. The molecular weight excluding hydrogens is 302 g/mol. The van der Waals surface area contributed by atoms with Crippen molar-refractivity contribution in [3.63, 3.8) is 0 Å². The number of nitrogens with zero attached hydrogens (tertiary/aromatic N) is 3. The summed E-state index contributed by atoms with van der Waals surface area (Å²) in [6.45, 7) is 2.65. The molecule has 0 aliphatic heterocycles. The number of hydrogen-bond donors (Lipinski definition) is 0. The van der Waals surface area contributed by atoms with Crippen LogP contribution in [0.3, 0.4) is 0 Å². The van der Waals surface area contributed by atoms with E-state index in [2.05, 4.69) is 10.1 Å². The van der Waals surface area contributed by atoms with E-state index in [0.29, 0.717) is 18.6 Å². The summed E-state index contributed by atoms with van der Waals surface area (Å²) in [6.07, 6.45) is 7.00. The van der Waals surface area contributed by atoms with Gasteiger partial charge in [-0.1, -0.05) is 0 Å². The molecule has 5 heteroatoms. The van der Waals surface area contributed by atoms with Gasteiger partial charge in [-0.15, -0.1) is 5.10 Å². The van der Waals surface area contributed by atoms with Gasteiger partial charge in [-0.3, -0.25) is 0 Å². The van der Waals surface area contributed by atoms with E-state index in [4.69, 9.17) is 9.47 Å². The molecule has 0 amide bonds. The molecule has 1 aliphatic carbocycles. The van der Waals surface area contributed by atoms with E-state index in [0.717, 1.165) is 35.5 Å². The van der Waals surface area contributed by atoms with E-state index < -0.39 is 0 Å². The molecule has 1 fully saturated rings. The molecule has 1 aliphatic rings. The Morgan fingerprint density at radius 1 is 1.08 bits per heavy atom. The van der Waals surface area contributed by atoms with Gasteiger partial charge >= 0.3 is 0 Å². The summed E-state index contributed by atoms with van der Waals surface area (Å²) in [5.41, 5.74) is 2.75. The molecule has 0 N–H and O–H groups in total. The van der Waals surface area contributed by atoms with Crippen LogP contribution in [0, 0.1) is 0 Å². The zero-order valence-electron chi connectivity index (χ0n) is 13.8. The Labute approximate surface area is 141 Å². The summed E-state index contributed by atoms with van der Waals surface area (Å²) in [7, 11) is 0. The highest BCUT2D eigenvalue weighted by molar-refractivity contribution is 5.63. The molecule has 2 aromatic heterocycles.